The summed E-state index contributed by atoms with van der Waals surface area (Å²) in [5.74, 6) is 1.52. The Morgan fingerprint density at radius 1 is 1.31 bits per heavy atom. The zero-order valence-electron chi connectivity index (χ0n) is 10.5. The fourth-order valence-electron chi connectivity index (χ4n) is 1.51. The van der Waals surface area contributed by atoms with Crippen LogP contribution in [0.4, 0.5) is 0 Å². The minimum Gasteiger partial charge on any atom is -0.493 e. The van der Waals surface area contributed by atoms with Crippen molar-refractivity contribution in [2.45, 2.75) is 40.0 Å². The molecule has 16 heavy (non-hydrogen) atoms. The molecule has 0 saturated heterocycles. The van der Waals surface area contributed by atoms with E-state index in [1.165, 1.54) is 11.1 Å². The summed E-state index contributed by atoms with van der Waals surface area (Å²) in [6.45, 7) is 8.43. The van der Waals surface area contributed by atoms with Gasteiger partial charge < -0.3 is 4.74 Å². The van der Waals surface area contributed by atoms with Gasteiger partial charge in [0.2, 0.25) is 0 Å². The van der Waals surface area contributed by atoms with Crippen molar-refractivity contribution in [1.82, 2.24) is 0 Å². The van der Waals surface area contributed by atoms with Crippen molar-refractivity contribution in [3.05, 3.63) is 29.3 Å². The number of hydrogen-bond acceptors (Lipinski definition) is 2. The predicted octanol–water partition coefficient (Wildman–Crippen LogP) is 3.48. The second-order valence-corrected chi connectivity index (χ2v) is 4.53. The number of aryl methyl sites for hydroxylation is 1. The van der Waals surface area contributed by atoms with Crippen molar-refractivity contribution in [1.29, 1.82) is 0 Å². The Morgan fingerprint density at radius 2 is 2.00 bits per heavy atom. The molecule has 0 heterocycles. The summed E-state index contributed by atoms with van der Waals surface area (Å²) in [5.41, 5.74) is 2.47. The monoisotopic (exact) mass is 220 g/mol. The topological polar surface area (TPSA) is 26.3 Å². The van der Waals surface area contributed by atoms with E-state index in [1.807, 2.05) is 6.07 Å². The highest BCUT2D eigenvalue weighted by Crippen LogP contribution is 2.22. The van der Waals surface area contributed by atoms with Gasteiger partial charge in [-0.25, -0.2) is 0 Å². The molecule has 2 heteroatoms. The summed E-state index contributed by atoms with van der Waals surface area (Å²) in [5, 5.41) is 0. The number of carbonyl (C=O) groups is 1. The number of hydrogen-bond donors (Lipinski definition) is 0. The van der Waals surface area contributed by atoms with Gasteiger partial charge in [-0.05, 0) is 43.0 Å². The van der Waals surface area contributed by atoms with Crippen molar-refractivity contribution in [3.8, 4) is 5.75 Å². The molecule has 0 aromatic heterocycles. The van der Waals surface area contributed by atoms with Gasteiger partial charge in [0, 0.05) is 6.42 Å². The van der Waals surface area contributed by atoms with Gasteiger partial charge in [-0.1, -0.05) is 19.9 Å². The third-order valence-corrected chi connectivity index (χ3v) is 2.46. The van der Waals surface area contributed by atoms with Gasteiger partial charge in [0.15, 0.2) is 0 Å². The number of benzene rings is 1. The summed E-state index contributed by atoms with van der Waals surface area (Å²) >= 11 is 0. The van der Waals surface area contributed by atoms with Gasteiger partial charge in [-0.2, -0.15) is 0 Å². The molecule has 0 spiro atoms. The molecule has 0 aliphatic heterocycles. The Morgan fingerprint density at radius 3 is 2.56 bits per heavy atom. The Labute approximate surface area is 97.6 Å². The molecule has 88 valence electrons. The second-order valence-electron chi connectivity index (χ2n) is 4.53. The fourth-order valence-corrected chi connectivity index (χ4v) is 1.51. The maximum atomic E-state index is 10.8. The largest absolute Gasteiger partial charge is 0.493 e. The van der Waals surface area contributed by atoms with E-state index in [0.717, 1.165) is 5.75 Å². The Bertz CT molecular complexity index is 367. The van der Waals surface area contributed by atoms with E-state index in [9.17, 15) is 4.79 Å². The van der Waals surface area contributed by atoms with Crippen LogP contribution in [0.5, 0.6) is 5.75 Å². The molecule has 2 nitrogen and oxygen atoms in total. The molecule has 0 amide bonds. The van der Waals surface area contributed by atoms with Crippen LogP contribution in [0.2, 0.25) is 0 Å². The van der Waals surface area contributed by atoms with Crippen LogP contribution in [0.1, 0.15) is 44.2 Å². The van der Waals surface area contributed by atoms with Crippen molar-refractivity contribution in [2.75, 3.05) is 6.61 Å². The molecule has 1 rings (SSSR count). The first kappa shape index (κ1) is 12.8. The maximum Gasteiger partial charge on any atom is 0.133 e. The average molecular weight is 220 g/mol. The van der Waals surface area contributed by atoms with Crippen molar-refractivity contribution >= 4 is 5.78 Å². The number of carbonyl (C=O) groups excluding carboxylic acids is 1. The lowest BCUT2D eigenvalue weighted by Gasteiger charge is -2.11. The molecule has 0 fully saturated rings. The molecule has 1 aromatic rings. The zero-order chi connectivity index (χ0) is 12.1. The zero-order valence-corrected chi connectivity index (χ0v) is 10.5. The molecule has 0 aliphatic rings. The average Bonchev–Trinajstić information content (AvgIpc) is 2.16. The lowest BCUT2D eigenvalue weighted by Crippen LogP contribution is -2.03. The van der Waals surface area contributed by atoms with E-state index in [0.29, 0.717) is 18.9 Å². The van der Waals surface area contributed by atoms with Gasteiger partial charge in [0.05, 0.1) is 6.61 Å². The SMILES string of the molecule is CC(=O)CCOc1cc(C)cc(C(C)C)c1. The van der Waals surface area contributed by atoms with Crippen LogP contribution in [0.25, 0.3) is 0 Å². The quantitative estimate of drug-likeness (QED) is 0.759. The molecule has 0 aliphatic carbocycles. The van der Waals surface area contributed by atoms with Crippen LogP contribution in [0, 0.1) is 6.92 Å². The molecular weight excluding hydrogens is 200 g/mol. The number of ketones is 1. The van der Waals surface area contributed by atoms with Crippen LogP contribution in [0.3, 0.4) is 0 Å². The van der Waals surface area contributed by atoms with E-state index in [2.05, 4.69) is 32.9 Å². The number of ether oxygens (including phenoxy) is 1. The summed E-state index contributed by atoms with van der Waals surface area (Å²) in [6.07, 6.45) is 0.477. The molecule has 0 radical (unpaired) electrons. The number of Topliss-reactive ketones (excluding diaryl/α,β-unsaturated/α-hetero) is 1. The summed E-state index contributed by atoms with van der Waals surface area (Å²) in [6, 6.07) is 6.23. The first-order chi connectivity index (χ1) is 7.49. The second kappa shape index (κ2) is 5.69. The van der Waals surface area contributed by atoms with Crippen LogP contribution >= 0.6 is 0 Å². The number of rotatable bonds is 5. The minimum atomic E-state index is 0.164. The minimum absolute atomic E-state index is 0.164. The highest BCUT2D eigenvalue weighted by Gasteiger charge is 2.03. The van der Waals surface area contributed by atoms with E-state index >= 15 is 0 Å². The molecule has 0 atom stereocenters. The molecule has 0 N–H and O–H groups in total. The molecule has 0 saturated carbocycles. The van der Waals surface area contributed by atoms with E-state index in [-0.39, 0.29) is 5.78 Å². The first-order valence-electron chi connectivity index (χ1n) is 5.73. The summed E-state index contributed by atoms with van der Waals surface area (Å²) < 4.78 is 5.57. The lowest BCUT2D eigenvalue weighted by atomic mass is 10.0. The van der Waals surface area contributed by atoms with Gasteiger partial charge in [-0.3, -0.25) is 4.79 Å². The Balaban J connectivity index is 2.69. The van der Waals surface area contributed by atoms with E-state index < -0.39 is 0 Å². The van der Waals surface area contributed by atoms with Crippen molar-refractivity contribution in [3.63, 3.8) is 0 Å². The van der Waals surface area contributed by atoms with Gasteiger partial charge in [0.25, 0.3) is 0 Å². The van der Waals surface area contributed by atoms with Gasteiger partial charge >= 0.3 is 0 Å². The summed E-state index contributed by atoms with van der Waals surface area (Å²) in [4.78, 5) is 10.8. The Kier molecular flexibility index (Phi) is 4.53. The summed E-state index contributed by atoms with van der Waals surface area (Å²) in [7, 11) is 0. The smallest absolute Gasteiger partial charge is 0.133 e. The molecule has 1 aromatic carbocycles. The van der Waals surface area contributed by atoms with Crippen LogP contribution < -0.4 is 4.74 Å². The standard InChI is InChI=1S/C14H20O2/c1-10(2)13-7-11(3)8-14(9-13)16-6-5-12(4)15/h7-10H,5-6H2,1-4H3. The molecular formula is C14H20O2. The fraction of sp³-hybridized carbons (Fsp3) is 0.500. The van der Waals surface area contributed by atoms with Gasteiger partial charge in [-0.15, -0.1) is 0 Å². The highest BCUT2D eigenvalue weighted by molar-refractivity contribution is 5.75. The van der Waals surface area contributed by atoms with Crippen LogP contribution in [-0.4, -0.2) is 12.4 Å². The predicted molar refractivity (Wildman–Crippen MR) is 66.1 cm³/mol. The van der Waals surface area contributed by atoms with Gasteiger partial charge in [0.1, 0.15) is 11.5 Å². The lowest BCUT2D eigenvalue weighted by molar-refractivity contribution is -0.117. The van der Waals surface area contributed by atoms with Crippen molar-refractivity contribution in [2.24, 2.45) is 0 Å². The molecule has 0 unspecified atom stereocenters. The first-order valence-corrected chi connectivity index (χ1v) is 5.73. The third kappa shape index (κ3) is 4.05. The van der Waals surface area contributed by atoms with E-state index in [4.69, 9.17) is 4.74 Å². The highest BCUT2D eigenvalue weighted by atomic mass is 16.5. The maximum absolute atomic E-state index is 10.8. The Hall–Kier alpha value is -1.31. The van der Waals surface area contributed by atoms with Crippen molar-refractivity contribution < 1.29 is 9.53 Å². The van der Waals surface area contributed by atoms with Crippen LogP contribution in [-0.2, 0) is 4.79 Å². The molecule has 0 bridgehead atoms. The third-order valence-electron chi connectivity index (χ3n) is 2.46. The van der Waals surface area contributed by atoms with Crippen LogP contribution in [0.15, 0.2) is 18.2 Å². The van der Waals surface area contributed by atoms with E-state index in [1.54, 1.807) is 6.92 Å². The normalized spacial score (nSPS) is 10.6.